The molecular weight excluding hydrogens is 885 g/mol. The predicted octanol–water partition coefficient (Wildman–Crippen LogP) is -9.20. The monoisotopic (exact) mass is 916 g/mol. The van der Waals surface area contributed by atoms with Crippen molar-refractivity contribution in [2.75, 3.05) is 13.2 Å². The van der Waals surface area contributed by atoms with Gasteiger partial charge in [-0.2, -0.15) is 51.5 Å². The highest BCUT2D eigenvalue weighted by Crippen LogP contribution is 2.34. The van der Waals surface area contributed by atoms with Gasteiger partial charge in [-0.25, -0.2) is 17.3 Å². The van der Waals surface area contributed by atoms with Crippen molar-refractivity contribution in [1.29, 1.82) is 0 Å². The van der Waals surface area contributed by atoms with Gasteiger partial charge in [0.25, 0.3) is 0 Å². The highest BCUT2D eigenvalue weighted by Gasteiger charge is 2.57. The molecule has 3 aliphatic heterocycles. The van der Waals surface area contributed by atoms with Crippen molar-refractivity contribution in [2.24, 2.45) is 0 Å². The molecule has 0 amide bonds. The fourth-order valence-electron chi connectivity index (χ4n) is 5.17. The minimum Gasteiger partial charge on any atom is -0.479 e. The zero-order chi connectivity index (χ0) is 42.2. The molecule has 55 heavy (non-hydrogen) atoms. The van der Waals surface area contributed by atoms with E-state index in [-0.39, 0.29) is 0 Å². The van der Waals surface area contributed by atoms with E-state index >= 15 is 0 Å². The van der Waals surface area contributed by atoms with Gasteiger partial charge in [0.15, 0.2) is 25.0 Å². The molecule has 37 heteroatoms. The number of carboxylic acid groups (broad SMARTS) is 1. The van der Waals surface area contributed by atoms with Gasteiger partial charge in [-0.1, -0.05) is 0 Å². The molecule has 0 saturated carbocycles. The average molecular weight is 917 g/mol. The van der Waals surface area contributed by atoms with E-state index in [1.807, 2.05) is 0 Å². The Bertz CT molecular complexity index is 1910. The van der Waals surface area contributed by atoms with E-state index in [2.05, 4.69) is 12.5 Å². The molecule has 0 aromatic carbocycles. The third kappa shape index (κ3) is 14.0. The number of hydrogen-bond acceptors (Lipinski definition) is 24. The number of nitrogens with one attached hydrogen (secondary N) is 2. The minimum atomic E-state index is -5.81. The maximum absolute atomic E-state index is 12.3. The molecule has 0 aromatic rings. The van der Waals surface area contributed by atoms with Crippen LogP contribution in [0, 0.1) is 0 Å². The molecule has 0 radical (unpaired) electrons. The lowest BCUT2D eigenvalue weighted by Crippen LogP contribution is -2.69. The number of hydrogen-bond donors (Lipinski definition) is 13. The number of carboxylic acids is 1. The van der Waals surface area contributed by atoms with Crippen LogP contribution < -0.4 is 9.44 Å². The maximum Gasteiger partial charge on any atom is 0.397 e. The van der Waals surface area contributed by atoms with Gasteiger partial charge >= 0.3 is 57.8 Å². The Morgan fingerprint density at radius 1 is 0.545 bits per heavy atom. The van der Waals surface area contributed by atoms with Crippen molar-refractivity contribution >= 4 is 57.8 Å². The molecular formula is C18H32N2O30S5. The van der Waals surface area contributed by atoms with Crippen molar-refractivity contribution in [2.45, 2.75) is 92.0 Å². The predicted molar refractivity (Wildman–Crippen MR) is 158 cm³/mol. The Hall–Kier alpha value is -1.58. The SMILES string of the molecule is O=C(O)C1OC(OC2C(COS(=O)(=O)O)OC(O)C(NS(=O)(=O)O)C2OS(=O)(=O)O)C(O)C(O)C1OC1OC(COS(=O)(=O)O)C(O)C(O)C1NS(=O)(=O)O. The van der Waals surface area contributed by atoms with Gasteiger partial charge in [0.2, 0.25) is 0 Å². The van der Waals surface area contributed by atoms with E-state index < -0.39 is 163 Å². The van der Waals surface area contributed by atoms with Gasteiger partial charge in [-0.3, -0.25) is 22.8 Å². The summed E-state index contributed by atoms with van der Waals surface area (Å²) in [5.41, 5.74) is 0. The number of aliphatic hydroxyl groups excluding tert-OH is 5. The van der Waals surface area contributed by atoms with Gasteiger partial charge < -0.3 is 54.3 Å². The van der Waals surface area contributed by atoms with Crippen molar-refractivity contribution in [1.82, 2.24) is 9.44 Å². The third-order valence-electron chi connectivity index (χ3n) is 7.30. The Balaban J connectivity index is 2.03. The summed E-state index contributed by atoms with van der Waals surface area (Å²) in [5.74, 6) is -2.19. The summed E-state index contributed by atoms with van der Waals surface area (Å²) in [6.45, 7) is -2.90. The first kappa shape index (κ1) is 47.8. The van der Waals surface area contributed by atoms with Crippen LogP contribution in [0.5, 0.6) is 0 Å². The molecule has 3 fully saturated rings. The summed E-state index contributed by atoms with van der Waals surface area (Å²) in [5, 5.41) is 63.0. The molecule has 15 atom stereocenters. The molecule has 0 aromatic heterocycles. The van der Waals surface area contributed by atoms with Gasteiger partial charge in [-0.15, -0.1) is 0 Å². The maximum atomic E-state index is 12.3. The topological polar surface area (TPSA) is 508 Å². The summed E-state index contributed by atoms with van der Waals surface area (Å²) in [4.78, 5) is 12.3. The highest BCUT2D eigenvalue weighted by molar-refractivity contribution is 7.84. The Kier molecular flexibility index (Phi) is 15.4. The molecule has 32 nitrogen and oxygen atoms in total. The minimum absolute atomic E-state index is 1.21. The lowest BCUT2D eigenvalue weighted by Gasteiger charge is -2.48. The van der Waals surface area contributed by atoms with Crippen molar-refractivity contribution < 1.29 is 137 Å². The standard InChI is InChI=1S/C18H32N2O30S5/c21-7-3(1-43-53(34,35)36)46-17(5(8(7)22)19-51(28,29)30)48-13-9(23)10(24)18(49-14(13)15(25)26)47-11-4(2-44-54(37,38)39)45-16(27)6(20-52(31,32)33)12(11)50-55(40,41)42/h3-14,16-24,27H,1-2H2,(H,25,26)(H,28,29,30)(H,31,32,33)(H,34,35,36)(H,37,38,39)(H,40,41,42). The first-order valence-corrected chi connectivity index (χ1v) is 21.0. The summed E-state index contributed by atoms with van der Waals surface area (Å²) in [7, 11) is -27.4. The number of rotatable bonds is 17. The van der Waals surface area contributed by atoms with Crippen LogP contribution in [0.3, 0.4) is 0 Å². The van der Waals surface area contributed by atoms with E-state index in [1.165, 1.54) is 9.44 Å². The van der Waals surface area contributed by atoms with Gasteiger partial charge in [0.05, 0.1) is 13.2 Å². The van der Waals surface area contributed by atoms with E-state index in [0.29, 0.717) is 0 Å². The second-order valence-electron chi connectivity index (χ2n) is 11.2. The first-order chi connectivity index (χ1) is 24.8. The van der Waals surface area contributed by atoms with Crippen LogP contribution in [0.25, 0.3) is 0 Å². The second kappa shape index (κ2) is 17.7. The lowest BCUT2D eigenvalue weighted by atomic mass is 9.95. The van der Waals surface area contributed by atoms with E-state index in [4.69, 9.17) is 32.8 Å². The van der Waals surface area contributed by atoms with Crippen LogP contribution in [0.2, 0.25) is 0 Å². The zero-order valence-corrected chi connectivity index (χ0v) is 30.4. The Morgan fingerprint density at radius 2 is 1.04 bits per heavy atom. The summed E-state index contributed by atoms with van der Waals surface area (Å²) >= 11 is 0. The average Bonchev–Trinajstić information content (AvgIpc) is 2.98. The van der Waals surface area contributed by atoms with E-state index in [9.17, 15) is 91.2 Å². The molecule has 3 aliphatic rings. The van der Waals surface area contributed by atoms with Crippen molar-refractivity contribution in [3.63, 3.8) is 0 Å². The second-order valence-corrected chi connectivity index (χ2v) is 16.8. The van der Waals surface area contributed by atoms with Crippen LogP contribution in [0.4, 0.5) is 0 Å². The Morgan fingerprint density at radius 3 is 1.51 bits per heavy atom. The van der Waals surface area contributed by atoms with Crippen LogP contribution in [0.15, 0.2) is 0 Å². The summed E-state index contributed by atoms with van der Waals surface area (Å²) in [6.07, 6.45) is -33.3. The molecule has 15 unspecified atom stereocenters. The van der Waals surface area contributed by atoms with Crippen molar-refractivity contribution in [3.05, 3.63) is 0 Å². The smallest absolute Gasteiger partial charge is 0.397 e. The number of aliphatic hydroxyl groups is 5. The first-order valence-electron chi connectivity index (χ1n) is 14.1. The molecule has 13 N–H and O–H groups in total. The highest BCUT2D eigenvalue weighted by atomic mass is 32.3. The van der Waals surface area contributed by atoms with Gasteiger partial charge in [0.1, 0.15) is 67.0 Å². The van der Waals surface area contributed by atoms with Crippen LogP contribution >= 0.6 is 0 Å². The Labute approximate surface area is 308 Å². The fourth-order valence-corrected chi connectivity index (χ4v) is 7.48. The molecule has 3 heterocycles. The number of carbonyl (C=O) groups is 1. The molecule has 3 saturated heterocycles. The quantitative estimate of drug-likeness (QED) is 0.0603. The van der Waals surface area contributed by atoms with E-state index in [1.54, 1.807) is 0 Å². The molecule has 0 spiro atoms. The van der Waals surface area contributed by atoms with Crippen molar-refractivity contribution in [3.8, 4) is 0 Å². The van der Waals surface area contributed by atoms with Crippen LogP contribution in [-0.2, 0) is 92.8 Å². The molecule has 324 valence electrons. The van der Waals surface area contributed by atoms with E-state index in [0.717, 1.165) is 0 Å². The fraction of sp³-hybridized carbons (Fsp3) is 0.944. The number of aliphatic carboxylic acids is 1. The molecule has 0 bridgehead atoms. The van der Waals surface area contributed by atoms with Gasteiger partial charge in [0, 0.05) is 0 Å². The van der Waals surface area contributed by atoms with Gasteiger partial charge in [-0.05, 0) is 0 Å². The summed E-state index contributed by atoms with van der Waals surface area (Å²) in [6, 6.07) is -4.98. The third-order valence-corrected chi connectivity index (χ3v) is 9.78. The zero-order valence-electron chi connectivity index (χ0n) is 26.3. The normalized spacial score (nSPS) is 38.4. The van der Waals surface area contributed by atoms with Crippen LogP contribution in [-0.4, -0.2) is 207 Å². The summed E-state index contributed by atoms with van der Waals surface area (Å²) < 4.78 is 201. The number of ether oxygens (including phenoxy) is 5. The molecule has 3 rings (SSSR count). The van der Waals surface area contributed by atoms with Crippen LogP contribution in [0.1, 0.15) is 0 Å². The lowest BCUT2D eigenvalue weighted by molar-refractivity contribution is -0.359. The molecule has 0 aliphatic carbocycles. The largest absolute Gasteiger partial charge is 0.479 e.